The van der Waals surface area contributed by atoms with Crippen molar-refractivity contribution in [1.29, 1.82) is 0 Å². The minimum absolute atomic E-state index is 0.0562. The SMILES string of the molecule is Nc1ccc2c(NCCNC(=O)CCCCC3SCC4NC(=O)NC43)c3ccc(N)cc3nc2c1. The van der Waals surface area contributed by atoms with Crippen molar-refractivity contribution in [2.45, 2.75) is 43.0 Å². The molecule has 3 atom stereocenters. The van der Waals surface area contributed by atoms with Gasteiger partial charge in [0.1, 0.15) is 0 Å². The van der Waals surface area contributed by atoms with Crippen LogP contribution in [0.4, 0.5) is 21.9 Å². The Morgan fingerprint density at radius 3 is 2.46 bits per heavy atom. The van der Waals surface area contributed by atoms with Gasteiger partial charge in [0.2, 0.25) is 5.91 Å². The van der Waals surface area contributed by atoms with Gasteiger partial charge in [-0.25, -0.2) is 9.78 Å². The predicted molar refractivity (Wildman–Crippen MR) is 144 cm³/mol. The Balaban J connectivity index is 1.10. The lowest BCUT2D eigenvalue weighted by atomic mass is 10.0. The van der Waals surface area contributed by atoms with E-state index in [9.17, 15) is 9.59 Å². The second-order valence-electron chi connectivity index (χ2n) is 9.18. The van der Waals surface area contributed by atoms with Gasteiger partial charge in [-0.05, 0) is 49.2 Å². The monoisotopic (exact) mass is 493 g/mol. The molecule has 3 amide bonds. The van der Waals surface area contributed by atoms with Crippen molar-refractivity contribution in [2.75, 3.05) is 35.6 Å². The summed E-state index contributed by atoms with van der Waals surface area (Å²) in [5, 5.41) is 14.8. The first kappa shape index (κ1) is 23.3. The second kappa shape index (κ2) is 10.1. The number of nitrogens with one attached hydrogen (secondary N) is 4. The van der Waals surface area contributed by atoms with Gasteiger partial charge in [-0.1, -0.05) is 6.42 Å². The molecule has 3 unspecified atom stereocenters. The molecule has 0 bridgehead atoms. The van der Waals surface area contributed by atoms with Crippen LogP contribution in [0.1, 0.15) is 25.7 Å². The molecule has 2 saturated heterocycles. The number of hydrogen-bond acceptors (Lipinski definition) is 7. The van der Waals surface area contributed by atoms with Gasteiger partial charge < -0.3 is 32.7 Å². The molecule has 0 spiro atoms. The largest absolute Gasteiger partial charge is 0.399 e. The van der Waals surface area contributed by atoms with Crippen LogP contribution in [-0.4, -0.2) is 53.1 Å². The molecule has 0 radical (unpaired) electrons. The summed E-state index contributed by atoms with van der Waals surface area (Å²) >= 11 is 1.91. The highest BCUT2D eigenvalue weighted by molar-refractivity contribution is 8.00. The highest BCUT2D eigenvalue weighted by Gasteiger charge is 2.42. The molecule has 0 saturated carbocycles. The van der Waals surface area contributed by atoms with Crippen LogP contribution >= 0.6 is 11.8 Å². The van der Waals surface area contributed by atoms with Gasteiger partial charge in [-0.15, -0.1) is 0 Å². The zero-order valence-corrected chi connectivity index (χ0v) is 20.3. The lowest BCUT2D eigenvalue weighted by molar-refractivity contribution is -0.121. The van der Waals surface area contributed by atoms with E-state index >= 15 is 0 Å². The van der Waals surface area contributed by atoms with Gasteiger partial charge in [0.25, 0.3) is 0 Å². The summed E-state index contributed by atoms with van der Waals surface area (Å²) in [5.74, 6) is 1.02. The molecule has 9 nitrogen and oxygen atoms in total. The Morgan fingerprint density at radius 1 is 1.03 bits per heavy atom. The molecular weight excluding hydrogens is 462 g/mol. The van der Waals surface area contributed by atoms with E-state index in [1.54, 1.807) is 0 Å². The number of hydrogen-bond donors (Lipinski definition) is 6. The topological polar surface area (TPSA) is 147 Å². The van der Waals surface area contributed by atoms with Crippen LogP contribution in [0.15, 0.2) is 36.4 Å². The number of aromatic nitrogens is 1. The van der Waals surface area contributed by atoms with E-state index < -0.39 is 0 Å². The molecule has 2 aliphatic heterocycles. The predicted octanol–water partition coefficient (Wildman–Crippen LogP) is 2.81. The van der Waals surface area contributed by atoms with E-state index in [1.807, 2.05) is 48.2 Å². The summed E-state index contributed by atoms with van der Waals surface area (Å²) < 4.78 is 0. The molecule has 2 aromatic carbocycles. The first-order chi connectivity index (χ1) is 17.0. The molecule has 3 heterocycles. The Kier molecular flexibility index (Phi) is 6.72. The maximum atomic E-state index is 12.3. The number of nitrogen functional groups attached to an aromatic ring is 2. The van der Waals surface area contributed by atoms with Gasteiger partial charge >= 0.3 is 6.03 Å². The van der Waals surface area contributed by atoms with Crippen molar-refractivity contribution in [3.8, 4) is 0 Å². The van der Waals surface area contributed by atoms with E-state index in [1.165, 1.54) is 0 Å². The number of rotatable bonds is 9. The normalized spacial score (nSPS) is 21.0. The zero-order chi connectivity index (χ0) is 24.4. The number of benzene rings is 2. The van der Waals surface area contributed by atoms with Crippen LogP contribution < -0.4 is 32.7 Å². The van der Waals surface area contributed by atoms with Crippen LogP contribution in [0.5, 0.6) is 0 Å². The Morgan fingerprint density at radius 2 is 1.74 bits per heavy atom. The van der Waals surface area contributed by atoms with Gasteiger partial charge in [-0.2, -0.15) is 11.8 Å². The van der Waals surface area contributed by atoms with Crippen LogP contribution in [0, 0.1) is 0 Å². The number of nitrogens with zero attached hydrogens (tertiary/aromatic N) is 1. The summed E-state index contributed by atoms with van der Waals surface area (Å²) in [7, 11) is 0. The van der Waals surface area contributed by atoms with E-state index in [-0.39, 0.29) is 24.0 Å². The van der Waals surface area contributed by atoms with E-state index in [4.69, 9.17) is 16.5 Å². The molecule has 5 rings (SSSR count). The lowest BCUT2D eigenvalue weighted by Gasteiger charge is -2.16. The molecule has 2 fully saturated rings. The van der Waals surface area contributed by atoms with Gasteiger partial charge in [-0.3, -0.25) is 4.79 Å². The van der Waals surface area contributed by atoms with Crippen molar-refractivity contribution in [1.82, 2.24) is 20.9 Å². The maximum absolute atomic E-state index is 12.3. The van der Waals surface area contributed by atoms with E-state index in [2.05, 4.69) is 21.3 Å². The summed E-state index contributed by atoms with van der Waals surface area (Å²) in [6.45, 7) is 1.11. The van der Waals surface area contributed by atoms with Crippen LogP contribution in [-0.2, 0) is 4.79 Å². The number of carbonyl (C=O) groups excluding carboxylic acids is 2. The molecule has 2 aliphatic rings. The molecule has 10 heteroatoms. The number of urea groups is 1. The number of anilines is 3. The quantitative estimate of drug-likeness (QED) is 0.116. The number of thioether (sulfide) groups is 1. The van der Waals surface area contributed by atoms with Gasteiger partial charge in [0, 0.05) is 52.7 Å². The summed E-state index contributed by atoms with van der Waals surface area (Å²) in [5.41, 5.74) is 15.8. The van der Waals surface area contributed by atoms with Gasteiger partial charge in [0.15, 0.2) is 0 Å². The summed E-state index contributed by atoms with van der Waals surface area (Å²) in [6.07, 6.45) is 3.34. The number of unbranched alkanes of at least 4 members (excludes halogenated alkanes) is 1. The van der Waals surface area contributed by atoms with Crippen molar-refractivity contribution >= 4 is 62.6 Å². The summed E-state index contributed by atoms with van der Waals surface area (Å²) in [4.78, 5) is 28.5. The standard InChI is InChI=1S/C25H31N7O2S/c26-14-5-7-16-18(11-14)30-19-12-15(27)6-8-17(19)23(16)29-10-9-28-22(33)4-2-1-3-21-24-20(13-35-21)31-25(34)32-24/h5-8,11-12,20-21,24H,1-4,9-10,13,26-27H2,(H,28,33)(H,29,30)(H2,31,32,34). The number of carbonyl (C=O) groups is 2. The Bertz CT molecular complexity index is 1210. The van der Waals surface area contributed by atoms with E-state index in [0.717, 1.165) is 52.5 Å². The molecule has 3 aromatic rings. The number of pyridine rings is 1. The fourth-order valence-corrected chi connectivity index (χ4v) is 6.47. The third-order valence-electron chi connectivity index (χ3n) is 6.65. The molecule has 184 valence electrons. The van der Waals surface area contributed by atoms with Crippen LogP contribution in [0.25, 0.3) is 21.8 Å². The fourth-order valence-electron chi connectivity index (χ4n) is 4.92. The number of amides is 3. The van der Waals surface area contributed by atoms with Crippen LogP contribution in [0.2, 0.25) is 0 Å². The van der Waals surface area contributed by atoms with Crippen molar-refractivity contribution < 1.29 is 9.59 Å². The zero-order valence-electron chi connectivity index (χ0n) is 19.5. The second-order valence-corrected chi connectivity index (χ2v) is 10.5. The molecular formula is C25H31N7O2S. The van der Waals surface area contributed by atoms with Gasteiger partial charge in [0.05, 0.1) is 28.8 Å². The molecule has 0 aliphatic carbocycles. The number of nitrogens with two attached hydrogens (primary N) is 2. The fraction of sp³-hybridized carbons (Fsp3) is 0.400. The minimum Gasteiger partial charge on any atom is -0.399 e. The minimum atomic E-state index is -0.0562. The number of fused-ring (bicyclic) bond motifs is 3. The molecule has 1 aromatic heterocycles. The third-order valence-corrected chi connectivity index (χ3v) is 8.16. The molecule has 35 heavy (non-hydrogen) atoms. The van der Waals surface area contributed by atoms with Crippen molar-refractivity contribution in [3.05, 3.63) is 36.4 Å². The van der Waals surface area contributed by atoms with Crippen molar-refractivity contribution in [3.63, 3.8) is 0 Å². The average molecular weight is 494 g/mol. The highest BCUT2D eigenvalue weighted by Crippen LogP contribution is 2.34. The van der Waals surface area contributed by atoms with Crippen molar-refractivity contribution in [2.24, 2.45) is 0 Å². The average Bonchev–Trinajstić information content (AvgIpc) is 3.37. The van der Waals surface area contributed by atoms with Crippen LogP contribution in [0.3, 0.4) is 0 Å². The third kappa shape index (κ3) is 5.17. The lowest BCUT2D eigenvalue weighted by Crippen LogP contribution is -2.36. The first-order valence-corrected chi connectivity index (χ1v) is 13.1. The van der Waals surface area contributed by atoms with E-state index in [0.29, 0.717) is 36.1 Å². The maximum Gasteiger partial charge on any atom is 0.315 e. The Labute approximate surface area is 208 Å². The highest BCUT2D eigenvalue weighted by atomic mass is 32.2. The smallest absolute Gasteiger partial charge is 0.315 e. The first-order valence-electron chi connectivity index (χ1n) is 12.1. The molecule has 8 N–H and O–H groups in total. The summed E-state index contributed by atoms with van der Waals surface area (Å²) in [6, 6.07) is 11.8. The Hall–Kier alpha value is -3.40.